The number of hydrogen-bond donors (Lipinski definition) is 0. The van der Waals surface area contributed by atoms with Gasteiger partial charge in [0.05, 0.1) is 13.2 Å². The van der Waals surface area contributed by atoms with Gasteiger partial charge in [0.2, 0.25) is 0 Å². The Kier molecular flexibility index (Phi) is 37.2. The average molecular weight is 623 g/mol. The van der Waals surface area contributed by atoms with E-state index in [1.54, 1.807) is 0 Å². The molecule has 4 heteroatoms. The molecular formula is C40H78O4. The van der Waals surface area contributed by atoms with Crippen molar-refractivity contribution in [1.82, 2.24) is 0 Å². The highest BCUT2D eigenvalue weighted by atomic mass is 16.5. The fourth-order valence-electron chi connectivity index (χ4n) is 6.00. The molecule has 262 valence electrons. The molecule has 0 aromatic carbocycles. The Labute approximate surface area is 276 Å². The predicted molar refractivity (Wildman–Crippen MR) is 190 cm³/mol. The van der Waals surface area contributed by atoms with Gasteiger partial charge in [0.15, 0.2) is 0 Å². The topological polar surface area (TPSA) is 52.6 Å². The van der Waals surface area contributed by atoms with Gasteiger partial charge in [0, 0.05) is 12.8 Å². The summed E-state index contributed by atoms with van der Waals surface area (Å²) in [5, 5.41) is 0. The van der Waals surface area contributed by atoms with E-state index < -0.39 is 0 Å². The highest BCUT2D eigenvalue weighted by Gasteiger charge is 2.04. The minimum absolute atomic E-state index is 0.0197. The van der Waals surface area contributed by atoms with E-state index in [1.807, 2.05) is 0 Å². The van der Waals surface area contributed by atoms with Gasteiger partial charge in [-0.2, -0.15) is 0 Å². The van der Waals surface area contributed by atoms with Gasteiger partial charge in [-0.05, 0) is 25.7 Å². The van der Waals surface area contributed by atoms with Crippen LogP contribution in [-0.4, -0.2) is 25.2 Å². The molecule has 0 saturated carbocycles. The minimum Gasteiger partial charge on any atom is -0.466 e. The average Bonchev–Trinajstić information content (AvgIpc) is 3.02. The first kappa shape index (κ1) is 42.9. The van der Waals surface area contributed by atoms with Gasteiger partial charge >= 0.3 is 11.9 Å². The van der Waals surface area contributed by atoms with Crippen molar-refractivity contribution in [3.63, 3.8) is 0 Å². The van der Waals surface area contributed by atoms with E-state index in [4.69, 9.17) is 9.47 Å². The molecule has 0 N–H and O–H groups in total. The van der Waals surface area contributed by atoms with E-state index in [-0.39, 0.29) is 11.9 Å². The standard InChI is InChI=1S/C40H78O4/c1-3-5-7-9-11-13-15-17-19-21-23-27-31-35-39(41)43-37-33-29-25-26-30-34-38-44-40(42)36-32-28-24-22-20-18-16-14-12-10-8-6-4-2/h3-38H2,1-2H3. The summed E-state index contributed by atoms with van der Waals surface area (Å²) in [4.78, 5) is 23.9. The third-order valence-electron chi connectivity index (χ3n) is 9.03. The zero-order chi connectivity index (χ0) is 32.0. The summed E-state index contributed by atoms with van der Waals surface area (Å²) in [7, 11) is 0. The van der Waals surface area contributed by atoms with Crippen LogP contribution in [0.2, 0.25) is 0 Å². The Hall–Kier alpha value is -1.06. The van der Waals surface area contributed by atoms with E-state index >= 15 is 0 Å². The van der Waals surface area contributed by atoms with Crippen LogP contribution < -0.4 is 0 Å². The maximum absolute atomic E-state index is 11.9. The third-order valence-corrected chi connectivity index (χ3v) is 9.03. The SMILES string of the molecule is CCCCCCCCCCCCCCCC(=O)OCCCCCCCCOC(=O)CCCCCCCCCCCCCCC. The normalized spacial score (nSPS) is 11.2. The van der Waals surface area contributed by atoms with Crippen molar-refractivity contribution in [2.24, 2.45) is 0 Å². The molecule has 0 fully saturated rings. The van der Waals surface area contributed by atoms with Crippen molar-refractivity contribution in [2.75, 3.05) is 13.2 Å². The predicted octanol–water partition coefficient (Wildman–Crippen LogP) is 13.4. The summed E-state index contributed by atoms with van der Waals surface area (Å²) in [6.45, 7) is 5.68. The first-order valence-corrected chi connectivity index (χ1v) is 20.0. The van der Waals surface area contributed by atoms with Crippen molar-refractivity contribution in [3.8, 4) is 0 Å². The Morgan fingerprint density at radius 2 is 0.500 bits per heavy atom. The molecule has 0 rings (SSSR count). The van der Waals surface area contributed by atoms with Crippen LogP contribution in [0.3, 0.4) is 0 Å². The number of carbonyl (C=O) groups excluding carboxylic acids is 2. The smallest absolute Gasteiger partial charge is 0.305 e. The molecule has 0 aliphatic heterocycles. The van der Waals surface area contributed by atoms with Gasteiger partial charge in [0.1, 0.15) is 0 Å². The van der Waals surface area contributed by atoms with Gasteiger partial charge in [-0.25, -0.2) is 0 Å². The van der Waals surface area contributed by atoms with E-state index in [2.05, 4.69) is 13.8 Å². The molecule has 0 spiro atoms. The third kappa shape index (κ3) is 37.1. The van der Waals surface area contributed by atoms with Crippen molar-refractivity contribution in [3.05, 3.63) is 0 Å². The van der Waals surface area contributed by atoms with Crippen LogP contribution in [-0.2, 0) is 19.1 Å². The molecule has 4 nitrogen and oxygen atoms in total. The molecule has 0 amide bonds. The summed E-state index contributed by atoms with van der Waals surface area (Å²) in [6.07, 6.45) is 42.0. The largest absolute Gasteiger partial charge is 0.466 e. The summed E-state index contributed by atoms with van der Waals surface area (Å²) in [6, 6.07) is 0. The van der Waals surface area contributed by atoms with E-state index in [0.29, 0.717) is 26.1 Å². The quantitative estimate of drug-likeness (QED) is 0.0511. The van der Waals surface area contributed by atoms with Crippen molar-refractivity contribution in [2.45, 2.75) is 232 Å². The zero-order valence-corrected chi connectivity index (χ0v) is 30.1. The second kappa shape index (κ2) is 38.1. The Balaban J connectivity index is 3.23. The number of hydrogen-bond acceptors (Lipinski definition) is 4. The minimum atomic E-state index is -0.0197. The van der Waals surface area contributed by atoms with Gasteiger partial charge < -0.3 is 9.47 Å². The molecule has 0 aliphatic rings. The van der Waals surface area contributed by atoms with Crippen LogP contribution >= 0.6 is 0 Å². The number of esters is 2. The van der Waals surface area contributed by atoms with Gasteiger partial charge in [0.25, 0.3) is 0 Å². The van der Waals surface area contributed by atoms with E-state index in [0.717, 1.165) is 64.2 Å². The molecule has 0 atom stereocenters. The fraction of sp³-hybridized carbons (Fsp3) is 0.950. The maximum Gasteiger partial charge on any atom is 0.305 e. The summed E-state index contributed by atoms with van der Waals surface area (Å²) >= 11 is 0. The van der Waals surface area contributed by atoms with Gasteiger partial charge in [-0.15, -0.1) is 0 Å². The first-order valence-electron chi connectivity index (χ1n) is 20.0. The molecule has 44 heavy (non-hydrogen) atoms. The van der Waals surface area contributed by atoms with Gasteiger partial charge in [-0.1, -0.05) is 194 Å². The van der Waals surface area contributed by atoms with Crippen LogP contribution in [0.25, 0.3) is 0 Å². The monoisotopic (exact) mass is 623 g/mol. The lowest BCUT2D eigenvalue weighted by Crippen LogP contribution is -2.06. The van der Waals surface area contributed by atoms with Crippen LogP contribution in [0, 0.1) is 0 Å². The molecule has 0 unspecified atom stereocenters. The molecule has 0 bridgehead atoms. The lowest BCUT2D eigenvalue weighted by Gasteiger charge is -2.06. The summed E-state index contributed by atoms with van der Waals surface area (Å²) < 4.78 is 10.8. The van der Waals surface area contributed by atoms with Gasteiger partial charge in [-0.3, -0.25) is 9.59 Å². The fourth-order valence-corrected chi connectivity index (χ4v) is 6.00. The second-order valence-electron chi connectivity index (χ2n) is 13.5. The zero-order valence-electron chi connectivity index (χ0n) is 30.1. The molecule has 0 aromatic heterocycles. The number of carbonyl (C=O) groups is 2. The highest BCUT2D eigenvalue weighted by Crippen LogP contribution is 2.15. The molecule has 0 aliphatic carbocycles. The molecule has 0 saturated heterocycles. The molecule has 0 heterocycles. The number of rotatable bonds is 37. The van der Waals surface area contributed by atoms with Crippen molar-refractivity contribution < 1.29 is 19.1 Å². The van der Waals surface area contributed by atoms with Crippen LogP contribution in [0.15, 0.2) is 0 Å². The van der Waals surface area contributed by atoms with Crippen molar-refractivity contribution >= 4 is 11.9 Å². The second-order valence-corrected chi connectivity index (χ2v) is 13.5. The number of unbranched alkanes of at least 4 members (excludes halogenated alkanes) is 29. The van der Waals surface area contributed by atoms with Crippen molar-refractivity contribution in [1.29, 1.82) is 0 Å². The number of ether oxygens (including phenoxy) is 2. The van der Waals surface area contributed by atoms with E-state index in [9.17, 15) is 9.59 Å². The summed E-state index contributed by atoms with van der Waals surface area (Å²) in [5.74, 6) is -0.0395. The van der Waals surface area contributed by atoms with Crippen LogP contribution in [0.1, 0.15) is 232 Å². The Morgan fingerprint density at radius 3 is 0.750 bits per heavy atom. The van der Waals surface area contributed by atoms with Crippen LogP contribution in [0.5, 0.6) is 0 Å². The molecule has 0 aromatic rings. The highest BCUT2D eigenvalue weighted by molar-refractivity contribution is 5.69. The van der Waals surface area contributed by atoms with E-state index in [1.165, 1.54) is 141 Å². The Bertz CT molecular complexity index is 526. The lowest BCUT2D eigenvalue weighted by molar-refractivity contribution is -0.144. The molecular weight excluding hydrogens is 544 g/mol. The lowest BCUT2D eigenvalue weighted by atomic mass is 10.0. The van der Waals surface area contributed by atoms with Crippen LogP contribution in [0.4, 0.5) is 0 Å². The Morgan fingerprint density at radius 1 is 0.295 bits per heavy atom. The molecule has 0 radical (unpaired) electrons. The summed E-state index contributed by atoms with van der Waals surface area (Å²) in [5.41, 5.74) is 0. The maximum atomic E-state index is 11.9. The first-order chi connectivity index (χ1) is 21.7.